The highest BCUT2D eigenvalue weighted by Gasteiger charge is 2.18. The Morgan fingerprint density at radius 3 is 2.52 bits per heavy atom. The predicted octanol–water partition coefficient (Wildman–Crippen LogP) is 4.43. The zero-order chi connectivity index (χ0) is 14.7. The van der Waals surface area contributed by atoms with Crippen LogP contribution >= 0.6 is 11.8 Å². The van der Waals surface area contributed by atoms with Gasteiger partial charge in [-0.3, -0.25) is 4.99 Å². The molecule has 0 radical (unpaired) electrons. The first-order valence-corrected chi connectivity index (χ1v) is 8.27. The normalized spacial score (nSPS) is 17.6. The van der Waals surface area contributed by atoms with E-state index in [1.807, 2.05) is 11.8 Å². The van der Waals surface area contributed by atoms with Crippen LogP contribution in [0.2, 0.25) is 0 Å². The Bertz CT molecular complexity index is 629. The van der Waals surface area contributed by atoms with Gasteiger partial charge in [0.1, 0.15) is 0 Å². The summed E-state index contributed by atoms with van der Waals surface area (Å²) >= 11 is 1.82. The summed E-state index contributed by atoms with van der Waals surface area (Å²) in [6.45, 7) is 4.25. The van der Waals surface area contributed by atoms with Crippen molar-refractivity contribution in [1.82, 2.24) is 0 Å². The number of nitrogens with one attached hydrogen (secondary N) is 1. The minimum absolute atomic E-state index is 0.380. The Morgan fingerprint density at radius 2 is 1.81 bits per heavy atom. The summed E-state index contributed by atoms with van der Waals surface area (Å²) in [6, 6.07) is 17.5. The second-order valence-corrected chi connectivity index (χ2v) is 6.60. The molecule has 0 bridgehead atoms. The molecule has 0 aromatic heterocycles. The quantitative estimate of drug-likeness (QED) is 0.906. The lowest BCUT2D eigenvalue weighted by molar-refractivity contribution is 0.762. The van der Waals surface area contributed by atoms with Crippen LogP contribution in [0, 0.1) is 13.8 Å². The minimum atomic E-state index is 0.380. The first-order chi connectivity index (χ1) is 10.2. The van der Waals surface area contributed by atoms with Crippen LogP contribution in [0.3, 0.4) is 0 Å². The van der Waals surface area contributed by atoms with Crippen LogP contribution < -0.4 is 5.32 Å². The number of anilines is 1. The van der Waals surface area contributed by atoms with Crippen LogP contribution in [-0.2, 0) is 6.42 Å². The van der Waals surface area contributed by atoms with Crippen molar-refractivity contribution in [2.24, 2.45) is 4.99 Å². The molecule has 1 aliphatic heterocycles. The van der Waals surface area contributed by atoms with Crippen molar-refractivity contribution in [3.63, 3.8) is 0 Å². The summed E-state index contributed by atoms with van der Waals surface area (Å²) in [7, 11) is 0. The molecule has 0 spiro atoms. The first kappa shape index (κ1) is 14.2. The monoisotopic (exact) mass is 296 g/mol. The van der Waals surface area contributed by atoms with Gasteiger partial charge in [-0.05, 0) is 49.1 Å². The molecule has 2 aromatic rings. The maximum atomic E-state index is 4.81. The van der Waals surface area contributed by atoms with Gasteiger partial charge in [0.05, 0.1) is 6.04 Å². The predicted molar refractivity (Wildman–Crippen MR) is 93.4 cm³/mol. The highest BCUT2D eigenvalue weighted by atomic mass is 32.2. The van der Waals surface area contributed by atoms with Crippen molar-refractivity contribution < 1.29 is 0 Å². The zero-order valence-electron chi connectivity index (χ0n) is 12.5. The van der Waals surface area contributed by atoms with E-state index < -0.39 is 0 Å². The topological polar surface area (TPSA) is 24.4 Å². The fourth-order valence-electron chi connectivity index (χ4n) is 2.64. The Hall–Kier alpha value is -1.74. The average molecular weight is 296 g/mol. The van der Waals surface area contributed by atoms with E-state index in [9.17, 15) is 0 Å². The van der Waals surface area contributed by atoms with Crippen molar-refractivity contribution in [1.29, 1.82) is 0 Å². The van der Waals surface area contributed by atoms with E-state index in [0.717, 1.165) is 23.0 Å². The number of rotatable bonds is 3. The maximum absolute atomic E-state index is 4.81. The summed E-state index contributed by atoms with van der Waals surface area (Å²) in [5, 5.41) is 4.49. The molecule has 0 saturated heterocycles. The van der Waals surface area contributed by atoms with E-state index in [-0.39, 0.29) is 0 Å². The van der Waals surface area contributed by atoms with Gasteiger partial charge in [-0.15, -0.1) is 0 Å². The Kier molecular flexibility index (Phi) is 4.30. The molecule has 1 unspecified atom stereocenters. The summed E-state index contributed by atoms with van der Waals surface area (Å²) in [6.07, 6.45) is 1.02. The number of hydrogen-bond donors (Lipinski definition) is 1. The molecule has 1 aliphatic rings. The summed E-state index contributed by atoms with van der Waals surface area (Å²) in [4.78, 5) is 4.81. The van der Waals surface area contributed by atoms with Gasteiger partial charge in [0.25, 0.3) is 0 Å². The molecule has 1 N–H and O–H groups in total. The fraction of sp³-hybridized carbons (Fsp3) is 0.278. The first-order valence-electron chi connectivity index (χ1n) is 7.29. The molecule has 2 aromatic carbocycles. The van der Waals surface area contributed by atoms with Gasteiger partial charge in [0.2, 0.25) is 0 Å². The molecule has 21 heavy (non-hydrogen) atoms. The van der Waals surface area contributed by atoms with Gasteiger partial charge >= 0.3 is 0 Å². The van der Waals surface area contributed by atoms with E-state index in [1.54, 1.807) is 0 Å². The van der Waals surface area contributed by atoms with Crippen LogP contribution in [0.1, 0.15) is 16.7 Å². The lowest BCUT2D eigenvalue weighted by atomic mass is 10.1. The minimum Gasteiger partial charge on any atom is -0.335 e. The van der Waals surface area contributed by atoms with E-state index in [0.29, 0.717) is 6.04 Å². The third kappa shape index (κ3) is 3.88. The van der Waals surface area contributed by atoms with Crippen molar-refractivity contribution >= 4 is 22.6 Å². The van der Waals surface area contributed by atoms with Crippen molar-refractivity contribution in [3.8, 4) is 0 Å². The van der Waals surface area contributed by atoms with Crippen LogP contribution in [0.4, 0.5) is 5.69 Å². The van der Waals surface area contributed by atoms with Gasteiger partial charge in [-0.1, -0.05) is 48.2 Å². The van der Waals surface area contributed by atoms with Gasteiger partial charge in [0, 0.05) is 11.4 Å². The van der Waals surface area contributed by atoms with E-state index in [4.69, 9.17) is 4.99 Å². The molecule has 0 saturated carbocycles. The molecular formula is C18H20N2S. The Labute approximate surface area is 130 Å². The number of aliphatic imine (C=N–C) groups is 1. The highest BCUT2D eigenvalue weighted by Crippen LogP contribution is 2.23. The van der Waals surface area contributed by atoms with Gasteiger partial charge in [0.15, 0.2) is 5.17 Å². The molecule has 0 aliphatic carbocycles. The van der Waals surface area contributed by atoms with Crippen LogP contribution in [-0.4, -0.2) is 17.0 Å². The third-order valence-electron chi connectivity index (χ3n) is 3.50. The van der Waals surface area contributed by atoms with Crippen LogP contribution in [0.25, 0.3) is 0 Å². The van der Waals surface area contributed by atoms with Gasteiger partial charge in [-0.2, -0.15) is 0 Å². The molecule has 3 heteroatoms. The summed E-state index contributed by atoms with van der Waals surface area (Å²) < 4.78 is 0. The summed E-state index contributed by atoms with van der Waals surface area (Å²) in [5.41, 5.74) is 5.06. The molecule has 0 fully saturated rings. The molecule has 108 valence electrons. The Morgan fingerprint density at radius 1 is 1.10 bits per heavy atom. The number of nitrogens with zero attached hydrogens (tertiary/aromatic N) is 1. The zero-order valence-corrected chi connectivity index (χ0v) is 13.3. The number of amidine groups is 1. The van der Waals surface area contributed by atoms with E-state index in [2.05, 4.69) is 67.7 Å². The second-order valence-electron chi connectivity index (χ2n) is 5.59. The van der Waals surface area contributed by atoms with Crippen LogP contribution in [0.5, 0.6) is 0 Å². The Balaban J connectivity index is 1.66. The molecule has 1 heterocycles. The lowest BCUT2D eigenvalue weighted by Gasteiger charge is -2.07. The highest BCUT2D eigenvalue weighted by molar-refractivity contribution is 8.14. The second kappa shape index (κ2) is 6.35. The number of hydrogen-bond acceptors (Lipinski definition) is 3. The van der Waals surface area contributed by atoms with Crippen molar-refractivity contribution in [2.75, 3.05) is 11.1 Å². The molecule has 2 nitrogen and oxygen atoms in total. The lowest BCUT2D eigenvalue weighted by Crippen LogP contribution is -2.08. The fourth-order valence-corrected chi connectivity index (χ4v) is 3.60. The van der Waals surface area contributed by atoms with Crippen molar-refractivity contribution in [3.05, 3.63) is 65.2 Å². The molecule has 0 amide bonds. The van der Waals surface area contributed by atoms with Crippen molar-refractivity contribution in [2.45, 2.75) is 26.3 Å². The van der Waals surface area contributed by atoms with Gasteiger partial charge < -0.3 is 5.32 Å². The molecular weight excluding hydrogens is 276 g/mol. The standard InChI is InChI=1S/C18H20N2S/c1-13-8-14(2)10-16(9-13)19-18-20-17(12-21-18)11-15-6-4-3-5-7-15/h3-10,17H,11-12H2,1-2H3,(H,19,20). The average Bonchev–Trinajstić information content (AvgIpc) is 2.86. The maximum Gasteiger partial charge on any atom is 0.161 e. The molecule has 3 rings (SSSR count). The molecule has 1 atom stereocenters. The van der Waals surface area contributed by atoms with Gasteiger partial charge in [-0.25, -0.2) is 0 Å². The smallest absolute Gasteiger partial charge is 0.161 e. The number of aryl methyl sites for hydroxylation is 2. The van der Waals surface area contributed by atoms with E-state index in [1.165, 1.54) is 16.7 Å². The summed E-state index contributed by atoms with van der Waals surface area (Å²) in [5.74, 6) is 1.06. The largest absolute Gasteiger partial charge is 0.335 e. The third-order valence-corrected chi connectivity index (χ3v) is 4.53. The van der Waals surface area contributed by atoms with Crippen LogP contribution in [0.15, 0.2) is 53.5 Å². The number of thioether (sulfide) groups is 1. The SMILES string of the molecule is Cc1cc(C)cc(NC2=NC(Cc3ccccc3)CS2)c1. The van der Waals surface area contributed by atoms with E-state index >= 15 is 0 Å². The number of benzene rings is 2.